The third-order valence-electron chi connectivity index (χ3n) is 6.41. The van der Waals surface area contributed by atoms with Crippen molar-refractivity contribution < 1.29 is 18.0 Å². The minimum absolute atomic E-state index is 0.0812. The van der Waals surface area contributed by atoms with Crippen molar-refractivity contribution in [1.29, 1.82) is 0 Å². The number of likely N-dealkylation sites (tertiary alicyclic amines) is 1. The van der Waals surface area contributed by atoms with E-state index in [1.807, 2.05) is 24.3 Å². The highest BCUT2D eigenvalue weighted by molar-refractivity contribution is 5.78. The van der Waals surface area contributed by atoms with E-state index in [1.165, 1.54) is 0 Å². The minimum Gasteiger partial charge on any atom is -0.369 e. The predicted octanol–water partition coefficient (Wildman–Crippen LogP) is 3.85. The third kappa shape index (κ3) is 7.07. The van der Waals surface area contributed by atoms with E-state index in [1.54, 1.807) is 4.90 Å². The van der Waals surface area contributed by atoms with Crippen LogP contribution in [0.4, 0.5) is 30.6 Å². The zero-order valence-electron chi connectivity index (χ0n) is 20.7. The van der Waals surface area contributed by atoms with Crippen LogP contribution in [-0.2, 0) is 17.5 Å². The molecule has 196 valence electrons. The number of rotatable bonds is 9. The van der Waals surface area contributed by atoms with Gasteiger partial charge in [0.05, 0.1) is 0 Å². The molecule has 11 heteroatoms. The van der Waals surface area contributed by atoms with E-state index < -0.39 is 11.7 Å². The average Bonchev–Trinajstić information content (AvgIpc) is 3.21. The summed E-state index contributed by atoms with van der Waals surface area (Å²) in [4.78, 5) is 23.8. The van der Waals surface area contributed by atoms with Gasteiger partial charge in [0.2, 0.25) is 11.9 Å². The van der Waals surface area contributed by atoms with Crippen LogP contribution in [0.3, 0.4) is 0 Å². The molecule has 1 aromatic heterocycles. The SMILES string of the molecule is CC1CN(Cc2ccc(Nc3ncc(C(F)(F)F)c(NCCCN4CCCC4=O)n3)cc2)CC(C)N1. The van der Waals surface area contributed by atoms with Crippen molar-refractivity contribution in [3.8, 4) is 0 Å². The van der Waals surface area contributed by atoms with Gasteiger partial charge in [-0.05, 0) is 44.4 Å². The summed E-state index contributed by atoms with van der Waals surface area (Å²) in [5, 5.41) is 9.31. The molecule has 0 aliphatic carbocycles. The molecule has 3 N–H and O–H groups in total. The first-order chi connectivity index (χ1) is 17.2. The van der Waals surface area contributed by atoms with Crippen LogP contribution in [0.25, 0.3) is 0 Å². The van der Waals surface area contributed by atoms with Crippen molar-refractivity contribution >= 4 is 23.4 Å². The van der Waals surface area contributed by atoms with Crippen molar-refractivity contribution in [2.45, 2.75) is 57.9 Å². The maximum atomic E-state index is 13.5. The van der Waals surface area contributed by atoms with E-state index in [-0.39, 0.29) is 24.2 Å². The molecule has 1 aromatic carbocycles. The van der Waals surface area contributed by atoms with E-state index in [0.29, 0.717) is 43.7 Å². The van der Waals surface area contributed by atoms with Gasteiger partial charge in [-0.1, -0.05) is 12.1 Å². The largest absolute Gasteiger partial charge is 0.421 e. The summed E-state index contributed by atoms with van der Waals surface area (Å²) in [6, 6.07) is 8.65. The highest BCUT2D eigenvalue weighted by Gasteiger charge is 2.35. The van der Waals surface area contributed by atoms with E-state index >= 15 is 0 Å². The van der Waals surface area contributed by atoms with Gasteiger partial charge in [0.1, 0.15) is 11.4 Å². The van der Waals surface area contributed by atoms with Crippen molar-refractivity contribution in [2.24, 2.45) is 0 Å². The molecular weight excluding hydrogens is 471 g/mol. The van der Waals surface area contributed by atoms with Gasteiger partial charge < -0.3 is 20.9 Å². The highest BCUT2D eigenvalue weighted by atomic mass is 19.4. The summed E-state index contributed by atoms with van der Waals surface area (Å²) >= 11 is 0. The second kappa shape index (κ2) is 11.4. The Morgan fingerprint density at radius 2 is 1.86 bits per heavy atom. The smallest absolute Gasteiger partial charge is 0.369 e. The Kier molecular flexibility index (Phi) is 8.30. The van der Waals surface area contributed by atoms with Gasteiger partial charge in [-0.2, -0.15) is 18.2 Å². The highest BCUT2D eigenvalue weighted by Crippen LogP contribution is 2.34. The molecule has 3 heterocycles. The lowest BCUT2D eigenvalue weighted by Crippen LogP contribution is -2.53. The number of nitrogens with zero attached hydrogens (tertiary/aromatic N) is 4. The van der Waals surface area contributed by atoms with Crippen LogP contribution in [0, 0.1) is 0 Å². The van der Waals surface area contributed by atoms with E-state index in [2.05, 4.69) is 44.7 Å². The number of aromatic nitrogens is 2. The molecular formula is C25H34F3N7O. The summed E-state index contributed by atoms with van der Waals surface area (Å²) < 4.78 is 40.5. The summed E-state index contributed by atoms with van der Waals surface area (Å²) in [5.41, 5.74) is 0.938. The van der Waals surface area contributed by atoms with E-state index in [9.17, 15) is 18.0 Å². The van der Waals surface area contributed by atoms with Crippen LogP contribution >= 0.6 is 0 Å². The van der Waals surface area contributed by atoms with Gasteiger partial charge in [0.25, 0.3) is 0 Å². The second-order valence-corrected chi connectivity index (χ2v) is 9.70. The maximum Gasteiger partial charge on any atom is 0.421 e. The monoisotopic (exact) mass is 505 g/mol. The van der Waals surface area contributed by atoms with Crippen LogP contribution < -0.4 is 16.0 Å². The molecule has 2 aliphatic heterocycles. The van der Waals surface area contributed by atoms with Crippen LogP contribution in [0.5, 0.6) is 0 Å². The molecule has 8 nitrogen and oxygen atoms in total. The fourth-order valence-electron chi connectivity index (χ4n) is 4.85. The Bertz CT molecular complexity index is 1020. The van der Waals surface area contributed by atoms with Gasteiger partial charge in [0, 0.05) is 69.7 Å². The summed E-state index contributed by atoms with van der Waals surface area (Å²) in [6.45, 7) is 8.64. The minimum atomic E-state index is -4.58. The van der Waals surface area contributed by atoms with Gasteiger partial charge in [-0.25, -0.2) is 4.98 Å². The Labute approximate surface area is 209 Å². The number of hydrogen-bond donors (Lipinski definition) is 3. The number of hydrogen-bond acceptors (Lipinski definition) is 7. The van der Waals surface area contributed by atoms with E-state index in [0.717, 1.165) is 37.8 Å². The molecule has 4 rings (SSSR count). The molecule has 0 spiro atoms. The Morgan fingerprint density at radius 3 is 2.50 bits per heavy atom. The Morgan fingerprint density at radius 1 is 1.14 bits per heavy atom. The summed E-state index contributed by atoms with van der Waals surface area (Å²) in [5.74, 6) is -0.0911. The van der Waals surface area contributed by atoms with Crippen LogP contribution in [-0.4, -0.2) is 70.5 Å². The molecule has 36 heavy (non-hydrogen) atoms. The number of alkyl halides is 3. The fraction of sp³-hybridized carbons (Fsp3) is 0.560. The molecule has 2 unspecified atom stereocenters. The van der Waals surface area contributed by atoms with Gasteiger partial charge >= 0.3 is 6.18 Å². The van der Waals surface area contributed by atoms with Crippen molar-refractivity contribution in [2.75, 3.05) is 43.4 Å². The zero-order chi connectivity index (χ0) is 25.7. The van der Waals surface area contributed by atoms with Gasteiger partial charge in [-0.3, -0.25) is 9.69 Å². The van der Waals surface area contributed by atoms with E-state index in [4.69, 9.17) is 0 Å². The predicted molar refractivity (Wildman–Crippen MR) is 133 cm³/mol. The maximum absolute atomic E-state index is 13.5. The van der Waals surface area contributed by atoms with Gasteiger partial charge in [0.15, 0.2) is 0 Å². The Hall–Kier alpha value is -2.92. The lowest BCUT2D eigenvalue weighted by molar-refractivity contribution is -0.137. The van der Waals surface area contributed by atoms with Crippen LogP contribution in [0.15, 0.2) is 30.5 Å². The standard InChI is InChI=1S/C25H34F3N7O/c1-17-14-34(15-18(2)31-17)16-19-6-8-20(9-7-19)32-24-30-13-21(25(26,27)28)23(33-24)29-10-4-12-35-11-3-5-22(35)36/h6-9,13,17-18,31H,3-5,10-12,14-16H2,1-2H3,(H2,29,30,32,33). The molecule has 0 bridgehead atoms. The first-order valence-corrected chi connectivity index (χ1v) is 12.5. The lowest BCUT2D eigenvalue weighted by atomic mass is 10.1. The Balaban J connectivity index is 1.36. The number of benzene rings is 1. The lowest BCUT2D eigenvalue weighted by Gasteiger charge is -2.36. The number of carbonyl (C=O) groups is 1. The molecule has 2 atom stereocenters. The van der Waals surface area contributed by atoms with Gasteiger partial charge in [-0.15, -0.1) is 0 Å². The van der Waals surface area contributed by atoms with Crippen LogP contribution in [0.1, 0.15) is 44.2 Å². The first kappa shape index (κ1) is 26.2. The molecule has 0 radical (unpaired) electrons. The summed E-state index contributed by atoms with van der Waals surface area (Å²) in [7, 11) is 0. The number of piperazine rings is 1. The normalized spacial score (nSPS) is 21.1. The quantitative estimate of drug-likeness (QED) is 0.447. The zero-order valence-corrected chi connectivity index (χ0v) is 20.7. The molecule has 1 amide bonds. The van der Waals surface area contributed by atoms with Crippen molar-refractivity contribution in [3.63, 3.8) is 0 Å². The van der Waals surface area contributed by atoms with Crippen molar-refractivity contribution in [3.05, 3.63) is 41.6 Å². The van der Waals surface area contributed by atoms with Crippen molar-refractivity contribution in [1.82, 2.24) is 25.1 Å². The number of nitrogens with one attached hydrogen (secondary N) is 3. The molecule has 2 aliphatic rings. The molecule has 2 saturated heterocycles. The van der Waals surface area contributed by atoms with Crippen LogP contribution in [0.2, 0.25) is 0 Å². The number of halogens is 3. The topological polar surface area (TPSA) is 85.4 Å². The summed E-state index contributed by atoms with van der Waals surface area (Å²) in [6.07, 6.45) is -1.88. The third-order valence-corrected chi connectivity index (χ3v) is 6.41. The second-order valence-electron chi connectivity index (χ2n) is 9.70. The molecule has 2 aromatic rings. The molecule has 0 saturated carbocycles. The molecule has 2 fully saturated rings. The first-order valence-electron chi connectivity index (χ1n) is 12.5. The fourth-order valence-corrected chi connectivity index (χ4v) is 4.85. The number of anilines is 3. The average molecular weight is 506 g/mol. The number of amides is 1. The number of carbonyl (C=O) groups excluding carboxylic acids is 1.